The quantitative estimate of drug-likeness (QED) is 0.529. The topological polar surface area (TPSA) is 95.1 Å². The second-order valence-electron chi connectivity index (χ2n) is 6.13. The first-order chi connectivity index (χ1) is 14.5. The molecule has 2 aromatic carbocycles. The summed E-state index contributed by atoms with van der Waals surface area (Å²) in [5, 5.41) is 5.62. The highest BCUT2D eigenvalue weighted by molar-refractivity contribution is 6.32. The van der Waals surface area contributed by atoms with Gasteiger partial charge in [0.05, 0.1) is 25.3 Å². The van der Waals surface area contributed by atoms with E-state index in [1.807, 2.05) is 6.92 Å². The van der Waals surface area contributed by atoms with Gasteiger partial charge in [-0.2, -0.15) is 0 Å². The Labute approximate surface area is 180 Å². The molecule has 0 aromatic heterocycles. The van der Waals surface area contributed by atoms with Crippen molar-refractivity contribution in [3.63, 3.8) is 0 Å². The highest BCUT2D eigenvalue weighted by Gasteiger charge is 2.16. The summed E-state index contributed by atoms with van der Waals surface area (Å²) in [6.07, 6.45) is 0.196. The lowest BCUT2D eigenvalue weighted by Crippen LogP contribution is -2.17. The predicted octanol–water partition coefficient (Wildman–Crippen LogP) is 4.58. The van der Waals surface area contributed by atoms with Crippen LogP contribution in [0.2, 0.25) is 5.02 Å². The SMILES string of the molecule is CCCOc1c(Cl)cc(C(=O)Nc2cccc(NC(=O)OCCOC)c2)cc1OC. The lowest BCUT2D eigenvalue weighted by Gasteiger charge is -2.14. The van der Waals surface area contributed by atoms with Crippen molar-refractivity contribution in [1.82, 2.24) is 0 Å². The Morgan fingerprint density at radius 1 is 1.00 bits per heavy atom. The van der Waals surface area contributed by atoms with Crippen LogP contribution < -0.4 is 20.1 Å². The van der Waals surface area contributed by atoms with Crippen LogP contribution in [0.15, 0.2) is 36.4 Å². The van der Waals surface area contributed by atoms with E-state index in [2.05, 4.69) is 10.6 Å². The van der Waals surface area contributed by atoms with Crippen LogP contribution in [-0.4, -0.2) is 46.0 Å². The zero-order valence-corrected chi connectivity index (χ0v) is 17.9. The molecule has 0 aliphatic heterocycles. The van der Waals surface area contributed by atoms with E-state index in [-0.39, 0.29) is 11.6 Å². The highest BCUT2D eigenvalue weighted by atomic mass is 35.5. The molecule has 0 aliphatic carbocycles. The van der Waals surface area contributed by atoms with Gasteiger partial charge in [-0.15, -0.1) is 0 Å². The number of benzene rings is 2. The molecule has 8 nitrogen and oxygen atoms in total. The van der Waals surface area contributed by atoms with Crippen LogP contribution in [0.5, 0.6) is 11.5 Å². The van der Waals surface area contributed by atoms with Gasteiger partial charge < -0.3 is 24.3 Å². The zero-order chi connectivity index (χ0) is 21.9. The first-order valence-corrected chi connectivity index (χ1v) is 9.70. The van der Waals surface area contributed by atoms with E-state index in [0.717, 1.165) is 6.42 Å². The predicted molar refractivity (Wildman–Crippen MR) is 115 cm³/mol. The van der Waals surface area contributed by atoms with Crippen LogP contribution in [-0.2, 0) is 9.47 Å². The molecule has 2 N–H and O–H groups in total. The highest BCUT2D eigenvalue weighted by Crippen LogP contribution is 2.36. The van der Waals surface area contributed by atoms with Crippen molar-refractivity contribution >= 4 is 35.0 Å². The fourth-order valence-electron chi connectivity index (χ4n) is 2.44. The van der Waals surface area contributed by atoms with Gasteiger partial charge in [0.25, 0.3) is 5.91 Å². The Bertz CT molecular complexity index is 875. The number of carbonyl (C=O) groups excluding carboxylic acids is 2. The maximum Gasteiger partial charge on any atom is 0.411 e. The van der Waals surface area contributed by atoms with Crippen LogP contribution in [0.3, 0.4) is 0 Å². The fraction of sp³-hybridized carbons (Fsp3) is 0.333. The minimum absolute atomic E-state index is 0.138. The Balaban J connectivity index is 2.09. The van der Waals surface area contributed by atoms with Crippen molar-refractivity contribution in [1.29, 1.82) is 0 Å². The van der Waals surface area contributed by atoms with Gasteiger partial charge in [-0.25, -0.2) is 4.79 Å². The maximum atomic E-state index is 12.7. The number of nitrogens with one attached hydrogen (secondary N) is 2. The van der Waals surface area contributed by atoms with Crippen molar-refractivity contribution < 1.29 is 28.5 Å². The van der Waals surface area contributed by atoms with E-state index in [1.54, 1.807) is 30.3 Å². The van der Waals surface area contributed by atoms with E-state index < -0.39 is 12.0 Å². The Hall–Kier alpha value is -2.97. The molecule has 0 aliphatic rings. The van der Waals surface area contributed by atoms with Crippen molar-refractivity contribution in [3.8, 4) is 11.5 Å². The molecule has 162 valence electrons. The van der Waals surface area contributed by atoms with Crippen LogP contribution in [0.4, 0.5) is 16.2 Å². The maximum absolute atomic E-state index is 12.7. The number of carbonyl (C=O) groups is 2. The van der Waals surface area contributed by atoms with Crippen LogP contribution in [0, 0.1) is 0 Å². The number of amides is 2. The molecule has 0 radical (unpaired) electrons. The average Bonchev–Trinajstić information content (AvgIpc) is 2.72. The molecule has 0 atom stereocenters. The molecule has 0 heterocycles. The van der Waals surface area contributed by atoms with E-state index >= 15 is 0 Å². The first kappa shape index (κ1) is 23.3. The summed E-state index contributed by atoms with van der Waals surface area (Å²) >= 11 is 6.28. The minimum Gasteiger partial charge on any atom is -0.493 e. The molecular formula is C21H25ClN2O6. The summed E-state index contributed by atoms with van der Waals surface area (Å²) < 4.78 is 20.7. The van der Waals surface area contributed by atoms with Crippen molar-refractivity contribution in [2.45, 2.75) is 13.3 Å². The van der Waals surface area contributed by atoms with Crippen molar-refractivity contribution in [3.05, 3.63) is 47.0 Å². The van der Waals surface area contributed by atoms with E-state index in [4.69, 9.17) is 30.5 Å². The monoisotopic (exact) mass is 436 g/mol. The van der Waals surface area contributed by atoms with Crippen molar-refractivity contribution in [2.24, 2.45) is 0 Å². The van der Waals surface area contributed by atoms with Gasteiger partial charge in [-0.05, 0) is 36.8 Å². The van der Waals surface area contributed by atoms with Gasteiger partial charge >= 0.3 is 6.09 Å². The number of hydrogen-bond donors (Lipinski definition) is 2. The van der Waals surface area contributed by atoms with Crippen LogP contribution >= 0.6 is 11.6 Å². The summed E-state index contributed by atoms with van der Waals surface area (Å²) in [5.41, 5.74) is 1.25. The van der Waals surface area contributed by atoms with Gasteiger partial charge in [0.1, 0.15) is 6.61 Å². The summed E-state index contributed by atoms with van der Waals surface area (Å²) in [6, 6.07) is 9.73. The van der Waals surface area contributed by atoms with Gasteiger partial charge in [0.15, 0.2) is 11.5 Å². The van der Waals surface area contributed by atoms with Gasteiger partial charge in [-0.3, -0.25) is 10.1 Å². The molecule has 30 heavy (non-hydrogen) atoms. The molecule has 0 spiro atoms. The summed E-state index contributed by atoms with van der Waals surface area (Å²) in [4.78, 5) is 24.4. The number of hydrogen-bond acceptors (Lipinski definition) is 6. The Kier molecular flexibility index (Phi) is 9.24. The summed E-state index contributed by atoms with van der Waals surface area (Å²) in [7, 11) is 3.00. The lowest BCUT2D eigenvalue weighted by atomic mass is 10.1. The molecule has 2 amide bonds. The molecule has 0 saturated heterocycles. The van der Waals surface area contributed by atoms with Crippen LogP contribution in [0.25, 0.3) is 0 Å². The standard InChI is InChI=1S/C21H25ClN2O6/c1-4-8-29-19-17(22)11-14(12-18(19)28-3)20(25)23-15-6-5-7-16(13-15)24-21(26)30-10-9-27-2/h5-7,11-13H,4,8-10H2,1-3H3,(H,23,25)(H,24,26). The van der Waals surface area contributed by atoms with Gasteiger partial charge in [0.2, 0.25) is 0 Å². The minimum atomic E-state index is -0.616. The third-order valence-corrected chi connectivity index (χ3v) is 4.11. The first-order valence-electron chi connectivity index (χ1n) is 9.33. The molecule has 0 saturated carbocycles. The Morgan fingerprint density at radius 2 is 1.73 bits per heavy atom. The van der Waals surface area contributed by atoms with Gasteiger partial charge in [0, 0.05) is 24.0 Å². The normalized spacial score (nSPS) is 10.3. The second-order valence-corrected chi connectivity index (χ2v) is 6.53. The molecule has 2 rings (SSSR count). The smallest absolute Gasteiger partial charge is 0.411 e. The van der Waals surface area contributed by atoms with Gasteiger partial charge in [-0.1, -0.05) is 24.6 Å². The van der Waals surface area contributed by atoms with Crippen LogP contribution in [0.1, 0.15) is 23.7 Å². The molecule has 2 aromatic rings. The molecular weight excluding hydrogens is 412 g/mol. The number of rotatable bonds is 10. The number of methoxy groups -OCH3 is 2. The number of ether oxygens (including phenoxy) is 4. The van der Waals surface area contributed by atoms with E-state index in [9.17, 15) is 9.59 Å². The Morgan fingerprint density at radius 3 is 2.40 bits per heavy atom. The largest absolute Gasteiger partial charge is 0.493 e. The lowest BCUT2D eigenvalue weighted by molar-refractivity contribution is 0.102. The van der Waals surface area contributed by atoms with E-state index in [1.165, 1.54) is 20.3 Å². The molecule has 0 fully saturated rings. The average molecular weight is 437 g/mol. The van der Waals surface area contributed by atoms with E-state index in [0.29, 0.717) is 41.7 Å². The second kappa shape index (κ2) is 11.9. The molecule has 0 unspecified atom stereocenters. The van der Waals surface area contributed by atoms with Crippen molar-refractivity contribution in [2.75, 3.05) is 44.7 Å². The third-order valence-electron chi connectivity index (χ3n) is 3.83. The third kappa shape index (κ3) is 6.82. The zero-order valence-electron chi connectivity index (χ0n) is 17.1. The summed E-state index contributed by atoms with van der Waals surface area (Å²) in [6.45, 7) is 2.90. The number of halogens is 1. The number of anilines is 2. The molecule has 9 heteroatoms. The molecule has 0 bridgehead atoms. The fourth-order valence-corrected chi connectivity index (χ4v) is 2.71. The summed E-state index contributed by atoms with van der Waals surface area (Å²) in [5.74, 6) is 0.378.